The van der Waals surface area contributed by atoms with E-state index in [0.29, 0.717) is 24.0 Å². The molecule has 2 heterocycles. The zero-order valence-corrected chi connectivity index (χ0v) is 17.0. The van der Waals surface area contributed by atoms with E-state index in [1.165, 1.54) is 11.3 Å². The number of aromatic nitrogens is 1. The highest BCUT2D eigenvalue weighted by molar-refractivity contribution is 7.16. The molecule has 3 N–H and O–H groups in total. The van der Waals surface area contributed by atoms with Gasteiger partial charge in [0.15, 0.2) is 5.01 Å². The van der Waals surface area contributed by atoms with E-state index in [0.717, 1.165) is 43.5 Å². The molecule has 154 valence electrons. The number of primary amides is 1. The second-order valence-corrected chi connectivity index (χ2v) is 10.2. The average molecular weight is 416 g/mol. The third kappa shape index (κ3) is 3.23. The number of hydrogen-bond acceptors (Lipinski definition) is 7. The number of amides is 2. The minimum absolute atomic E-state index is 0.0850. The van der Waals surface area contributed by atoms with E-state index < -0.39 is 0 Å². The SMILES string of the molecule is N#Cc1ncc(N[C@@H]2CCN(C(=O)OC3C4CC5CC3CC(C(N)=O)(C5)C4)C2)s1. The number of nitriles is 1. The van der Waals surface area contributed by atoms with Crippen molar-refractivity contribution in [1.82, 2.24) is 9.88 Å². The Labute approximate surface area is 173 Å². The summed E-state index contributed by atoms with van der Waals surface area (Å²) in [5.41, 5.74) is 5.38. The summed E-state index contributed by atoms with van der Waals surface area (Å²) in [6.45, 7) is 1.23. The number of carbonyl (C=O) groups excluding carboxylic acids is 2. The maximum absolute atomic E-state index is 12.8. The van der Waals surface area contributed by atoms with Gasteiger partial charge in [-0.05, 0) is 56.3 Å². The summed E-state index contributed by atoms with van der Waals surface area (Å²) in [7, 11) is 0. The minimum Gasteiger partial charge on any atom is -0.446 e. The third-order valence-electron chi connectivity index (χ3n) is 7.34. The van der Waals surface area contributed by atoms with E-state index in [9.17, 15) is 9.59 Å². The lowest BCUT2D eigenvalue weighted by molar-refractivity contribution is -0.161. The molecule has 2 amide bonds. The number of thiazole rings is 1. The number of nitrogens with one attached hydrogen (secondary N) is 1. The van der Waals surface area contributed by atoms with Crippen LogP contribution in [0.5, 0.6) is 0 Å². The Hall–Kier alpha value is -2.34. The summed E-state index contributed by atoms with van der Waals surface area (Å²) in [5.74, 6) is 0.900. The van der Waals surface area contributed by atoms with Crippen molar-refractivity contribution in [2.24, 2.45) is 28.9 Å². The van der Waals surface area contributed by atoms with Gasteiger partial charge < -0.3 is 20.7 Å². The molecule has 1 aromatic heterocycles. The Bertz CT molecular complexity index is 864. The van der Waals surface area contributed by atoms with E-state index in [-0.39, 0.29) is 41.4 Å². The second-order valence-electron chi connectivity index (χ2n) is 9.18. The lowest BCUT2D eigenvalue weighted by atomic mass is 9.48. The molecule has 5 aliphatic rings. The van der Waals surface area contributed by atoms with Crippen LogP contribution in [0.25, 0.3) is 0 Å². The highest BCUT2D eigenvalue weighted by Crippen LogP contribution is 2.60. The molecule has 0 spiro atoms. The monoisotopic (exact) mass is 415 g/mol. The highest BCUT2D eigenvalue weighted by Gasteiger charge is 2.59. The van der Waals surface area contributed by atoms with E-state index in [1.807, 2.05) is 6.07 Å². The number of rotatable bonds is 4. The van der Waals surface area contributed by atoms with E-state index in [1.54, 1.807) is 11.1 Å². The fourth-order valence-electron chi connectivity index (χ4n) is 6.30. The molecule has 0 aromatic carbocycles. The van der Waals surface area contributed by atoms with Gasteiger partial charge in [0.2, 0.25) is 5.91 Å². The van der Waals surface area contributed by atoms with Crippen LogP contribution in [0, 0.1) is 34.5 Å². The minimum atomic E-state index is -0.362. The predicted molar refractivity (Wildman–Crippen MR) is 106 cm³/mol. The maximum atomic E-state index is 12.8. The lowest BCUT2D eigenvalue weighted by Crippen LogP contribution is -2.59. The zero-order valence-electron chi connectivity index (χ0n) is 16.2. The topological polar surface area (TPSA) is 121 Å². The molecule has 1 aliphatic heterocycles. The molecule has 8 nitrogen and oxygen atoms in total. The van der Waals surface area contributed by atoms with Gasteiger partial charge in [-0.2, -0.15) is 5.26 Å². The molecular formula is C20H25N5O3S. The molecule has 2 unspecified atom stereocenters. The summed E-state index contributed by atoms with van der Waals surface area (Å²) in [6, 6.07) is 2.16. The zero-order chi connectivity index (χ0) is 20.2. The Morgan fingerprint density at radius 3 is 2.76 bits per heavy atom. The third-order valence-corrected chi connectivity index (χ3v) is 8.17. The molecule has 1 saturated heterocycles. The van der Waals surface area contributed by atoms with Crippen molar-refractivity contribution in [3.05, 3.63) is 11.2 Å². The van der Waals surface area contributed by atoms with Gasteiger partial charge in [-0.3, -0.25) is 4.79 Å². The van der Waals surface area contributed by atoms with Crippen LogP contribution in [-0.4, -0.2) is 47.1 Å². The number of anilines is 1. The van der Waals surface area contributed by atoms with Crippen LogP contribution in [0.1, 0.15) is 43.5 Å². The molecule has 4 aliphatic carbocycles. The first-order valence-corrected chi connectivity index (χ1v) is 11.2. The molecule has 1 aromatic rings. The molecule has 6 rings (SSSR count). The van der Waals surface area contributed by atoms with Crippen molar-refractivity contribution < 1.29 is 14.3 Å². The van der Waals surface area contributed by atoms with Crippen LogP contribution < -0.4 is 11.1 Å². The fourth-order valence-corrected chi connectivity index (χ4v) is 6.99. The smallest absolute Gasteiger partial charge is 0.410 e. The summed E-state index contributed by atoms with van der Waals surface area (Å²) < 4.78 is 6.01. The maximum Gasteiger partial charge on any atom is 0.410 e. The molecule has 0 radical (unpaired) electrons. The van der Waals surface area contributed by atoms with E-state index >= 15 is 0 Å². The van der Waals surface area contributed by atoms with Crippen molar-refractivity contribution in [3.63, 3.8) is 0 Å². The Balaban J connectivity index is 1.19. The fraction of sp³-hybridized carbons (Fsp3) is 0.700. The molecule has 29 heavy (non-hydrogen) atoms. The standard InChI is InChI=1S/C20H25N5O3S/c21-8-15-23-9-16(29-15)24-14-1-2-25(10-14)19(27)28-17-12-3-11-4-13(17)7-20(5-11,6-12)18(22)26/h9,11-14,17,24H,1-7,10H2,(H2,22,26)/t11?,12?,13?,14-,17?,20?/m1/s1. The number of carbonyl (C=O) groups is 2. The van der Waals surface area contributed by atoms with Crippen molar-refractivity contribution >= 4 is 28.3 Å². The molecule has 4 saturated carbocycles. The van der Waals surface area contributed by atoms with Crippen molar-refractivity contribution in [3.8, 4) is 6.07 Å². The van der Waals surface area contributed by atoms with Crippen LogP contribution in [0.2, 0.25) is 0 Å². The van der Waals surface area contributed by atoms with Crippen LogP contribution >= 0.6 is 11.3 Å². The lowest BCUT2D eigenvalue weighted by Gasteiger charge is -2.58. The quantitative estimate of drug-likeness (QED) is 0.778. The van der Waals surface area contributed by atoms with Crippen LogP contribution in [0.4, 0.5) is 9.80 Å². The first-order chi connectivity index (χ1) is 14.0. The predicted octanol–water partition coefficient (Wildman–Crippen LogP) is 2.32. The van der Waals surface area contributed by atoms with Gasteiger partial charge in [0.05, 0.1) is 11.6 Å². The van der Waals surface area contributed by atoms with Crippen molar-refractivity contribution in [2.75, 3.05) is 18.4 Å². The Morgan fingerprint density at radius 1 is 1.34 bits per heavy atom. The molecule has 3 atom stereocenters. The number of nitrogens with zero attached hydrogens (tertiary/aromatic N) is 3. The van der Waals surface area contributed by atoms with Crippen LogP contribution in [0.3, 0.4) is 0 Å². The van der Waals surface area contributed by atoms with Crippen molar-refractivity contribution in [1.29, 1.82) is 5.26 Å². The van der Waals surface area contributed by atoms with Gasteiger partial charge in [-0.1, -0.05) is 11.3 Å². The van der Waals surface area contributed by atoms with Gasteiger partial charge in [-0.25, -0.2) is 9.78 Å². The molecule has 9 heteroatoms. The van der Waals surface area contributed by atoms with Gasteiger partial charge in [0, 0.05) is 19.1 Å². The number of hydrogen-bond donors (Lipinski definition) is 2. The highest BCUT2D eigenvalue weighted by atomic mass is 32.1. The average Bonchev–Trinajstić information content (AvgIpc) is 3.33. The Morgan fingerprint density at radius 2 is 2.10 bits per heavy atom. The number of likely N-dealkylation sites (tertiary alicyclic amines) is 1. The van der Waals surface area contributed by atoms with Gasteiger partial charge >= 0.3 is 6.09 Å². The Kier molecular flexibility index (Phi) is 4.42. The molecular weight excluding hydrogens is 390 g/mol. The normalized spacial score (nSPS) is 37.3. The van der Waals surface area contributed by atoms with Crippen LogP contribution in [0.15, 0.2) is 6.20 Å². The second kappa shape index (κ2) is 6.87. The number of ether oxygens (including phenoxy) is 1. The summed E-state index contributed by atoms with van der Waals surface area (Å²) >= 11 is 1.32. The summed E-state index contributed by atoms with van der Waals surface area (Å²) in [4.78, 5) is 30.7. The summed E-state index contributed by atoms with van der Waals surface area (Å²) in [5, 5.41) is 13.5. The van der Waals surface area contributed by atoms with E-state index in [4.69, 9.17) is 15.7 Å². The number of nitrogens with two attached hydrogens (primary N) is 1. The van der Waals surface area contributed by atoms with Gasteiger partial charge in [0.1, 0.15) is 17.2 Å². The summed E-state index contributed by atoms with van der Waals surface area (Å²) in [6.07, 6.45) is 6.70. The first-order valence-electron chi connectivity index (χ1n) is 10.3. The van der Waals surface area contributed by atoms with Gasteiger partial charge in [-0.15, -0.1) is 0 Å². The molecule has 5 fully saturated rings. The van der Waals surface area contributed by atoms with E-state index in [2.05, 4.69) is 10.3 Å². The molecule has 4 bridgehead atoms. The van der Waals surface area contributed by atoms with Gasteiger partial charge in [0.25, 0.3) is 0 Å². The first kappa shape index (κ1) is 18.7. The van der Waals surface area contributed by atoms with Crippen molar-refractivity contribution in [2.45, 2.75) is 50.7 Å². The largest absolute Gasteiger partial charge is 0.446 e. The van der Waals surface area contributed by atoms with Crippen LogP contribution in [-0.2, 0) is 9.53 Å².